The molecule has 1 atom stereocenters. The van der Waals surface area contributed by atoms with E-state index in [0.717, 1.165) is 22.5 Å². The van der Waals surface area contributed by atoms with Crippen molar-refractivity contribution in [3.8, 4) is 22.7 Å². The number of nitrogens with zero attached hydrogens (tertiary/aromatic N) is 6. The number of benzene rings is 2. The molecular formula is C24H24N6O3. The second-order valence-corrected chi connectivity index (χ2v) is 8.01. The smallest absolute Gasteiger partial charge is 0.410 e. The zero-order chi connectivity index (χ0) is 22.8. The molecule has 0 radical (unpaired) electrons. The fourth-order valence-corrected chi connectivity index (χ4v) is 3.93. The molecule has 2 aromatic carbocycles. The van der Waals surface area contributed by atoms with Crippen molar-refractivity contribution in [1.29, 1.82) is 0 Å². The monoisotopic (exact) mass is 444 g/mol. The lowest BCUT2D eigenvalue weighted by molar-refractivity contribution is 0.122. The van der Waals surface area contributed by atoms with E-state index in [2.05, 4.69) is 15.3 Å². The van der Waals surface area contributed by atoms with Gasteiger partial charge in [-0.2, -0.15) is 0 Å². The largest absolute Gasteiger partial charge is 0.495 e. The fraction of sp³-hybridized carbons (Fsp3) is 0.250. The molecule has 0 unspecified atom stereocenters. The van der Waals surface area contributed by atoms with E-state index in [1.807, 2.05) is 72.4 Å². The highest BCUT2D eigenvalue weighted by Gasteiger charge is 2.31. The molecule has 4 aromatic rings. The highest BCUT2D eigenvalue weighted by atomic mass is 16.6. The van der Waals surface area contributed by atoms with Crippen LogP contribution in [0.2, 0.25) is 0 Å². The number of carbonyl (C=O) groups excluding carboxylic acids is 1. The van der Waals surface area contributed by atoms with E-state index in [9.17, 15) is 4.79 Å². The van der Waals surface area contributed by atoms with Gasteiger partial charge >= 0.3 is 6.09 Å². The van der Waals surface area contributed by atoms with E-state index in [1.54, 1.807) is 23.0 Å². The lowest BCUT2D eigenvalue weighted by atomic mass is 10.1. The van der Waals surface area contributed by atoms with Crippen LogP contribution in [-0.4, -0.2) is 55.3 Å². The lowest BCUT2D eigenvalue weighted by Gasteiger charge is -2.12. The summed E-state index contributed by atoms with van der Waals surface area (Å²) in [6, 6.07) is 15.7. The summed E-state index contributed by atoms with van der Waals surface area (Å²) in [6.07, 6.45) is 4.96. The van der Waals surface area contributed by atoms with Crippen LogP contribution in [0, 0.1) is 6.92 Å². The van der Waals surface area contributed by atoms with Crippen LogP contribution in [0.25, 0.3) is 16.9 Å². The lowest BCUT2D eigenvalue weighted by Crippen LogP contribution is -2.26. The molecule has 33 heavy (non-hydrogen) atoms. The molecule has 0 spiro atoms. The Morgan fingerprint density at radius 2 is 2.00 bits per heavy atom. The van der Waals surface area contributed by atoms with Crippen molar-refractivity contribution >= 4 is 6.09 Å². The van der Waals surface area contributed by atoms with Crippen molar-refractivity contribution in [3.05, 3.63) is 78.5 Å². The van der Waals surface area contributed by atoms with Gasteiger partial charge in [0.25, 0.3) is 0 Å². The summed E-state index contributed by atoms with van der Waals surface area (Å²) in [5.41, 5.74) is 4.49. The van der Waals surface area contributed by atoms with Gasteiger partial charge in [0, 0.05) is 18.3 Å². The molecule has 5 rings (SSSR count). The highest BCUT2D eigenvalue weighted by Crippen LogP contribution is 2.29. The van der Waals surface area contributed by atoms with Gasteiger partial charge in [0.15, 0.2) is 0 Å². The summed E-state index contributed by atoms with van der Waals surface area (Å²) in [6.45, 7) is 3.42. The van der Waals surface area contributed by atoms with Crippen LogP contribution in [0.3, 0.4) is 0 Å². The number of hydrogen-bond donors (Lipinski definition) is 0. The average Bonchev–Trinajstić information content (AvgIpc) is 3.55. The van der Waals surface area contributed by atoms with Crippen molar-refractivity contribution in [2.75, 3.05) is 13.7 Å². The third kappa shape index (κ3) is 4.43. The van der Waals surface area contributed by atoms with Crippen molar-refractivity contribution in [3.63, 3.8) is 0 Å². The summed E-state index contributed by atoms with van der Waals surface area (Å²) in [4.78, 5) is 18.3. The Kier molecular flexibility index (Phi) is 5.52. The molecule has 0 saturated carbocycles. The maximum Gasteiger partial charge on any atom is 0.410 e. The molecule has 1 saturated heterocycles. The Morgan fingerprint density at radius 1 is 1.15 bits per heavy atom. The summed E-state index contributed by atoms with van der Waals surface area (Å²) in [5.74, 6) is 0.709. The number of amides is 1. The van der Waals surface area contributed by atoms with E-state index >= 15 is 0 Å². The maximum absolute atomic E-state index is 12.3. The minimum Gasteiger partial charge on any atom is -0.495 e. The number of imidazole rings is 1. The molecule has 1 amide bonds. The summed E-state index contributed by atoms with van der Waals surface area (Å²) < 4.78 is 14.8. The molecule has 9 heteroatoms. The van der Waals surface area contributed by atoms with Crippen molar-refractivity contribution < 1.29 is 14.3 Å². The van der Waals surface area contributed by atoms with E-state index in [-0.39, 0.29) is 12.2 Å². The summed E-state index contributed by atoms with van der Waals surface area (Å²) in [7, 11) is 1.64. The van der Waals surface area contributed by atoms with Gasteiger partial charge in [0.1, 0.15) is 17.5 Å². The van der Waals surface area contributed by atoms with Gasteiger partial charge in [-0.1, -0.05) is 41.6 Å². The predicted molar refractivity (Wildman–Crippen MR) is 121 cm³/mol. The Hall–Kier alpha value is -4.14. The molecule has 0 bridgehead atoms. The third-order valence-corrected chi connectivity index (χ3v) is 5.56. The SMILES string of the molecule is COc1cc(-c2cn(C[C@H]3CN(Cc4ccccc4)C(=O)O3)nn2)ccc1-n1cnc(C)c1. The normalized spacial score (nSPS) is 15.6. The van der Waals surface area contributed by atoms with Crippen LogP contribution in [-0.2, 0) is 17.8 Å². The second-order valence-electron chi connectivity index (χ2n) is 8.01. The average molecular weight is 444 g/mol. The molecule has 168 valence electrons. The minimum atomic E-state index is -0.306. The number of rotatable bonds is 7. The number of carbonyl (C=O) groups is 1. The Balaban J connectivity index is 1.27. The molecule has 0 N–H and O–H groups in total. The molecule has 0 aliphatic carbocycles. The second kappa shape index (κ2) is 8.78. The quantitative estimate of drug-likeness (QED) is 0.434. The van der Waals surface area contributed by atoms with E-state index < -0.39 is 0 Å². The molecule has 1 aliphatic heterocycles. The number of aryl methyl sites for hydroxylation is 1. The molecule has 3 heterocycles. The van der Waals surface area contributed by atoms with Crippen LogP contribution in [0.5, 0.6) is 5.75 Å². The van der Waals surface area contributed by atoms with Gasteiger partial charge in [-0.05, 0) is 24.6 Å². The van der Waals surface area contributed by atoms with Crippen molar-refractivity contribution in [2.24, 2.45) is 0 Å². The van der Waals surface area contributed by atoms with Crippen LogP contribution in [0.4, 0.5) is 4.79 Å². The number of ether oxygens (including phenoxy) is 2. The molecular weight excluding hydrogens is 420 g/mol. The molecule has 1 fully saturated rings. The number of aromatic nitrogens is 5. The predicted octanol–water partition coefficient (Wildman–Crippen LogP) is 3.47. The number of methoxy groups -OCH3 is 1. The molecule has 9 nitrogen and oxygen atoms in total. The fourth-order valence-electron chi connectivity index (χ4n) is 3.93. The van der Waals surface area contributed by atoms with Crippen molar-refractivity contribution in [1.82, 2.24) is 29.4 Å². The number of hydrogen-bond acceptors (Lipinski definition) is 6. The zero-order valence-corrected chi connectivity index (χ0v) is 18.5. The first kappa shape index (κ1) is 20.7. The third-order valence-electron chi connectivity index (χ3n) is 5.56. The topological polar surface area (TPSA) is 87.3 Å². The molecule has 1 aliphatic rings. The van der Waals surface area contributed by atoms with Crippen LogP contribution in [0.15, 0.2) is 67.3 Å². The van der Waals surface area contributed by atoms with Crippen LogP contribution < -0.4 is 4.74 Å². The first-order valence-corrected chi connectivity index (χ1v) is 10.7. The van der Waals surface area contributed by atoms with Gasteiger partial charge in [-0.15, -0.1) is 5.10 Å². The number of cyclic esters (lactones) is 1. The van der Waals surface area contributed by atoms with Gasteiger partial charge in [-0.3, -0.25) is 0 Å². The standard InChI is InChI=1S/C24H24N6O3/c1-17-11-29(16-25-17)22-9-8-19(10-23(22)32-2)21-15-30(27-26-21)14-20-13-28(24(31)33-20)12-18-6-4-3-5-7-18/h3-11,15-16,20H,12-14H2,1-2H3/t20-/m1/s1. The minimum absolute atomic E-state index is 0.280. The highest BCUT2D eigenvalue weighted by molar-refractivity contribution is 5.70. The maximum atomic E-state index is 12.3. The summed E-state index contributed by atoms with van der Waals surface area (Å²) in [5, 5.41) is 8.53. The first-order chi connectivity index (χ1) is 16.1. The van der Waals surface area contributed by atoms with E-state index in [1.165, 1.54) is 0 Å². The Bertz CT molecular complexity index is 1270. The van der Waals surface area contributed by atoms with Gasteiger partial charge in [-0.25, -0.2) is 14.5 Å². The first-order valence-electron chi connectivity index (χ1n) is 10.7. The van der Waals surface area contributed by atoms with Crippen LogP contribution in [0.1, 0.15) is 11.3 Å². The van der Waals surface area contributed by atoms with Gasteiger partial charge < -0.3 is 18.9 Å². The zero-order valence-electron chi connectivity index (χ0n) is 18.5. The van der Waals surface area contributed by atoms with E-state index in [0.29, 0.717) is 31.1 Å². The summed E-state index contributed by atoms with van der Waals surface area (Å²) >= 11 is 0. The molecule has 2 aromatic heterocycles. The van der Waals surface area contributed by atoms with Gasteiger partial charge in [0.2, 0.25) is 0 Å². The Labute approximate surface area is 191 Å². The van der Waals surface area contributed by atoms with Gasteiger partial charge in [0.05, 0.1) is 44.1 Å². The van der Waals surface area contributed by atoms with Crippen LogP contribution >= 0.6 is 0 Å². The van der Waals surface area contributed by atoms with E-state index in [4.69, 9.17) is 9.47 Å². The van der Waals surface area contributed by atoms with Crippen molar-refractivity contribution in [2.45, 2.75) is 26.1 Å². The Morgan fingerprint density at radius 3 is 2.76 bits per heavy atom.